The van der Waals surface area contributed by atoms with Crippen molar-refractivity contribution < 1.29 is 0 Å². The third-order valence-corrected chi connectivity index (χ3v) is 15.9. The van der Waals surface area contributed by atoms with Gasteiger partial charge in [0.05, 0.1) is 0 Å². The smallest absolute Gasteiger partial charge is 0.00248 e. The second-order valence-electron chi connectivity index (χ2n) is 17.9. The van der Waals surface area contributed by atoms with Crippen molar-refractivity contribution in [3.63, 3.8) is 0 Å². The Morgan fingerprint density at radius 1 is 0.604 bits per heavy atom. The minimum absolute atomic E-state index is 0.448. The molecule has 7 aliphatic rings. The van der Waals surface area contributed by atoms with Crippen LogP contribution >= 0.6 is 0 Å². The highest BCUT2D eigenvalue weighted by Gasteiger charge is 2.53. The van der Waals surface area contributed by atoms with Crippen LogP contribution in [0.4, 0.5) is 0 Å². The Morgan fingerprint density at radius 3 is 1.90 bits per heavy atom. The van der Waals surface area contributed by atoms with Crippen LogP contribution in [0.5, 0.6) is 0 Å². The van der Waals surface area contributed by atoms with Crippen LogP contribution in [-0.4, -0.2) is 0 Å². The molecule has 11 atom stereocenters. The van der Waals surface area contributed by atoms with E-state index in [0.717, 1.165) is 71.0 Å². The maximum Gasteiger partial charge on any atom is 0.00248 e. The first-order chi connectivity index (χ1) is 23.7. The van der Waals surface area contributed by atoms with Gasteiger partial charge in [-0.05, 0) is 128 Å². The van der Waals surface area contributed by atoms with Crippen LogP contribution in [0.25, 0.3) is 0 Å². The third-order valence-electron chi connectivity index (χ3n) is 15.9. The second-order valence-corrected chi connectivity index (χ2v) is 17.9. The van der Waals surface area contributed by atoms with Gasteiger partial charge in [0.1, 0.15) is 0 Å². The molecule has 0 aromatic heterocycles. The van der Waals surface area contributed by atoms with Crippen LogP contribution in [0.15, 0.2) is 48.1 Å². The summed E-state index contributed by atoms with van der Waals surface area (Å²) < 4.78 is 0. The first-order valence-corrected chi connectivity index (χ1v) is 22.3. The van der Waals surface area contributed by atoms with Crippen molar-refractivity contribution in [3.8, 4) is 0 Å². The van der Waals surface area contributed by atoms with Crippen LogP contribution in [0.1, 0.15) is 169 Å². The molecule has 0 aromatic rings. The van der Waals surface area contributed by atoms with Crippen LogP contribution in [-0.2, 0) is 0 Å². The van der Waals surface area contributed by atoms with E-state index in [0.29, 0.717) is 5.92 Å². The van der Waals surface area contributed by atoms with E-state index in [1.54, 1.807) is 12.8 Å². The van der Waals surface area contributed by atoms with Gasteiger partial charge in [0.25, 0.3) is 0 Å². The number of fused-ring (bicyclic) bond motifs is 2. The predicted octanol–water partition coefficient (Wildman–Crippen LogP) is 14.5. The van der Waals surface area contributed by atoms with E-state index >= 15 is 0 Å². The van der Waals surface area contributed by atoms with Gasteiger partial charge in [-0.15, -0.1) is 0 Å². The minimum atomic E-state index is 0.448. The Morgan fingerprint density at radius 2 is 1.17 bits per heavy atom. The molecule has 7 rings (SSSR count). The Balaban J connectivity index is 0.00000197. The molecule has 0 aliphatic heterocycles. The summed E-state index contributed by atoms with van der Waals surface area (Å²) in [7, 11) is 0. The summed E-state index contributed by atoms with van der Waals surface area (Å²) in [6, 6.07) is 0. The highest BCUT2D eigenvalue weighted by Crippen LogP contribution is 2.62. The SMILES string of the molecule is C=C/C=C\C1[CH]C2=C(C=C1)C(C1CCCC3CCCCC31)C1CCCCCC1C2C1CC(C(CC)CC)CC(C2CCCCC2)C1.CC. The second kappa shape index (κ2) is 17.9. The number of rotatable bonds is 8. The van der Waals surface area contributed by atoms with E-state index in [4.69, 9.17) is 0 Å². The van der Waals surface area contributed by atoms with Crippen LogP contribution in [0.2, 0.25) is 0 Å². The van der Waals surface area contributed by atoms with E-state index in [-0.39, 0.29) is 0 Å². The molecule has 0 saturated heterocycles. The molecule has 0 aromatic carbocycles. The number of hydrogen-bond acceptors (Lipinski definition) is 0. The molecule has 0 nitrogen and oxygen atoms in total. The van der Waals surface area contributed by atoms with Gasteiger partial charge in [-0.1, -0.05) is 167 Å². The average molecular weight is 654 g/mol. The van der Waals surface area contributed by atoms with E-state index in [2.05, 4.69) is 51.2 Å². The zero-order valence-electron chi connectivity index (χ0n) is 32.2. The van der Waals surface area contributed by atoms with Crippen LogP contribution in [0, 0.1) is 83.4 Å². The van der Waals surface area contributed by atoms with Crippen molar-refractivity contribution >= 4 is 0 Å². The standard InChI is InChI=1S/C46H71.C2H6/c1-4-7-17-32-26-27-43-44(28-32)45(38-30-36(33(5-2)6-3)29-37(31-38)34-18-10-8-11-19-34)41-23-12-9-13-24-42(41)46(43)40-25-16-21-35-20-14-15-22-39(35)40;1-2/h4,7,17,26-28,32-42,45-46H,1,5-6,8-16,18-25,29-31H2,2-3H3;1-2H3/b17-7-;. The van der Waals surface area contributed by atoms with Crippen molar-refractivity contribution in [3.05, 3.63) is 54.5 Å². The molecule has 11 unspecified atom stereocenters. The lowest BCUT2D eigenvalue weighted by Gasteiger charge is -2.56. The normalized spacial score (nSPS) is 40.7. The maximum atomic E-state index is 4.05. The van der Waals surface area contributed by atoms with Gasteiger partial charge in [0, 0.05) is 5.92 Å². The van der Waals surface area contributed by atoms with Crippen molar-refractivity contribution in [2.75, 3.05) is 0 Å². The molecule has 5 saturated carbocycles. The molecule has 0 N–H and O–H groups in total. The lowest BCUT2D eigenvalue weighted by atomic mass is 9.49. The maximum absolute atomic E-state index is 4.05. The minimum Gasteiger partial charge on any atom is -0.0991 e. The van der Waals surface area contributed by atoms with Gasteiger partial charge in [-0.2, -0.15) is 0 Å². The molecule has 48 heavy (non-hydrogen) atoms. The van der Waals surface area contributed by atoms with Gasteiger partial charge in [0.2, 0.25) is 0 Å². The zero-order valence-corrected chi connectivity index (χ0v) is 32.2. The zero-order chi connectivity index (χ0) is 33.5. The average Bonchev–Trinajstić information content (AvgIpc) is 3.40. The fraction of sp³-hybridized carbons (Fsp3) is 0.812. The van der Waals surface area contributed by atoms with Gasteiger partial charge >= 0.3 is 0 Å². The number of allylic oxidation sites excluding steroid dienone is 7. The molecular weight excluding hydrogens is 577 g/mol. The van der Waals surface area contributed by atoms with Gasteiger partial charge in [-0.3, -0.25) is 0 Å². The molecule has 0 amide bonds. The molecule has 7 aliphatic carbocycles. The summed E-state index contributed by atoms with van der Waals surface area (Å²) in [6.07, 6.45) is 48.0. The predicted molar refractivity (Wildman–Crippen MR) is 209 cm³/mol. The lowest BCUT2D eigenvalue weighted by Crippen LogP contribution is -2.48. The lowest BCUT2D eigenvalue weighted by molar-refractivity contribution is -0.00150. The molecule has 5 fully saturated rings. The van der Waals surface area contributed by atoms with Gasteiger partial charge < -0.3 is 0 Å². The summed E-state index contributed by atoms with van der Waals surface area (Å²) >= 11 is 0. The molecule has 0 heteroatoms. The topological polar surface area (TPSA) is 0 Å². The van der Waals surface area contributed by atoms with E-state index in [1.165, 1.54) is 128 Å². The van der Waals surface area contributed by atoms with Crippen molar-refractivity contribution in [2.45, 2.75) is 169 Å². The molecule has 269 valence electrons. The molecule has 0 spiro atoms. The van der Waals surface area contributed by atoms with Crippen molar-refractivity contribution in [2.24, 2.45) is 76.9 Å². The van der Waals surface area contributed by atoms with E-state index < -0.39 is 0 Å². The summed E-state index contributed by atoms with van der Waals surface area (Å²) in [5.41, 5.74) is 3.77. The highest BCUT2D eigenvalue weighted by atomic mass is 14.6. The Hall–Kier alpha value is -1.04. The van der Waals surface area contributed by atoms with Crippen LogP contribution < -0.4 is 0 Å². The Labute approximate surface area is 299 Å². The summed E-state index contributed by atoms with van der Waals surface area (Å²) in [4.78, 5) is 0. The highest BCUT2D eigenvalue weighted by molar-refractivity contribution is 5.45. The summed E-state index contributed by atoms with van der Waals surface area (Å²) in [5.74, 6) is 11.8. The molecule has 0 bridgehead atoms. The van der Waals surface area contributed by atoms with Crippen molar-refractivity contribution in [1.82, 2.24) is 0 Å². The van der Waals surface area contributed by atoms with E-state index in [1.807, 2.05) is 31.1 Å². The molecule has 0 heterocycles. The first-order valence-electron chi connectivity index (χ1n) is 22.3. The third kappa shape index (κ3) is 7.89. The molecular formula is C48H77. The Bertz CT molecular complexity index is 1080. The van der Waals surface area contributed by atoms with Gasteiger partial charge in [0.15, 0.2) is 0 Å². The quantitative estimate of drug-likeness (QED) is 0.229. The fourth-order valence-corrected chi connectivity index (χ4v) is 14.0. The number of hydrogen-bond donors (Lipinski definition) is 0. The molecule has 1 radical (unpaired) electrons. The largest absolute Gasteiger partial charge is 0.0991 e. The Kier molecular flexibility index (Phi) is 13.7. The van der Waals surface area contributed by atoms with E-state index in [9.17, 15) is 0 Å². The monoisotopic (exact) mass is 654 g/mol. The first kappa shape index (κ1) is 36.7. The van der Waals surface area contributed by atoms with Gasteiger partial charge in [-0.25, -0.2) is 0 Å². The summed E-state index contributed by atoms with van der Waals surface area (Å²) in [5, 5.41) is 0. The van der Waals surface area contributed by atoms with Crippen molar-refractivity contribution in [1.29, 1.82) is 0 Å². The van der Waals surface area contributed by atoms with Crippen LogP contribution in [0.3, 0.4) is 0 Å². The summed E-state index contributed by atoms with van der Waals surface area (Å²) in [6.45, 7) is 13.1. The fourth-order valence-electron chi connectivity index (χ4n) is 14.0.